The van der Waals surface area contributed by atoms with Crippen LogP contribution in [0.15, 0.2) is 0 Å². The zero-order valence-electron chi connectivity index (χ0n) is 7.14. The van der Waals surface area contributed by atoms with Crippen LogP contribution in [-0.2, 0) is 4.74 Å². The van der Waals surface area contributed by atoms with Gasteiger partial charge in [-0.05, 0) is 20.8 Å². The summed E-state index contributed by atoms with van der Waals surface area (Å²) in [6, 6.07) is 0. The molecule has 11 heavy (non-hydrogen) atoms. The summed E-state index contributed by atoms with van der Waals surface area (Å²) in [4.78, 5) is 10.8. The van der Waals surface area contributed by atoms with Crippen LogP contribution in [-0.4, -0.2) is 24.0 Å². The molecule has 1 N–H and O–H groups in total. The Hall–Kier alpha value is -0.380. The fraction of sp³-hybridized carbons (Fsp3) is 0.857. The Bertz CT molecular complexity index is 131. The van der Waals surface area contributed by atoms with Gasteiger partial charge in [0.2, 0.25) is 0 Å². The number of rotatable bonds is 2. The summed E-state index contributed by atoms with van der Waals surface area (Å²) in [5.41, 5.74) is -0.425. The van der Waals surface area contributed by atoms with Crippen molar-refractivity contribution in [1.29, 1.82) is 0 Å². The quantitative estimate of drug-likeness (QED) is 0.695. The molecule has 0 rings (SSSR count). The van der Waals surface area contributed by atoms with Crippen molar-refractivity contribution in [3.8, 4) is 0 Å². The van der Waals surface area contributed by atoms with Crippen molar-refractivity contribution >= 4 is 18.7 Å². The molecule has 3 nitrogen and oxygen atoms in total. The lowest BCUT2D eigenvalue weighted by molar-refractivity contribution is 0.0531. The van der Waals surface area contributed by atoms with Gasteiger partial charge in [-0.25, -0.2) is 4.79 Å². The summed E-state index contributed by atoms with van der Waals surface area (Å²) in [5, 5.41) is 2.52. The van der Waals surface area contributed by atoms with Crippen LogP contribution in [0.4, 0.5) is 4.79 Å². The molecule has 0 aliphatic carbocycles. The Morgan fingerprint density at radius 1 is 1.55 bits per heavy atom. The molecule has 0 spiro atoms. The summed E-state index contributed by atoms with van der Waals surface area (Å²) in [7, 11) is 0. The third-order valence-corrected chi connectivity index (χ3v) is 0.974. The van der Waals surface area contributed by atoms with E-state index >= 15 is 0 Å². The fourth-order valence-electron chi connectivity index (χ4n) is 0.467. The molecule has 0 saturated heterocycles. The van der Waals surface area contributed by atoms with Crippen LogP contribution in [0.25, 0.3) is 0 Å². The van der Waals surface area contributed by atoms with E-state index in [4.69, 9.17) is 4.74 Å². The molecule has 0 atom stereocenters. The SMILES string of the molecule is CC(C)(C)OC(=O)NCC[S]. The summed E-state index contributed by atoms with van der Waals surface area (Å²) in [6.45, 7) is 5.95. The van der Waals surface area contributed by atoms with Gasteiger partial charge in [0.25, 0.3) is 0 Å². The Balaban J connectivity index is 3.53. The van der Waals surface area contributed by atoms with E-state index in [1.165, 1.54) is 0 Å². The molecule has 0 unspecified atom stereocenters. The molecule has 0 aliphatic heterocycles. The minimum Gasteiger partial charge on any atom is -0.444 e. The molecule has 0 saturated carbocycles. The highest BCUT2D eigenvalue weighted by atomic mass is 32.1. The molecule has 0 bridgehead atoms. The standard InChI is InChI=1S/C7H14NO2S/c1-7(2,3)10-6(9)8-4-5-11/h4-5H2,1-3H3,(H,8,9). The molecule has 0 aromatic carbocycles. The largest absolute Gasteiger partial charge is 0.444 e. The van der Waals surface area contributed by atoms with Crippen LogP contribution in [0.5, 0.6) is 0 Å². The first-order valence-electron chi connectivity index (χ1n) is 3.50. The lowest BCUT2D eigenvalue weighted by Crippen LogP contribution is -2.33. The van der Waals surface area contributed by atoms with E-state index < -0.39 is 11.7 Å². The van der Waals surface area contributed by atoms with Gasteiger partial charge in [-0.1, -0.05) is 12.6 Å². The van der Waals surface area contributed by atoms with Gasteiger partial charge in [-0.15, -0.1) is 0 Å². The topological polar surface area (TPSA) is 38.3 Å². The van der Waals surface area contributed by atoms with E-state index in [-0.39, 0.29) is 0 Å². The second-order valence-electron chi connectivity index (χ2n) is 3.13. The molecular formula is C7H14NO2S. The number of carbonyl (C=O) groups excluding carboxylic acids is 1. The van der Waals surface area contributed by atoms with E-state index in [9.17, 15) is 4.79 Å². The second kappa shape index (κ2) is 4.49. The summed E-state index contributed by atoms with van der Waals surface area (Å²) in [6.07, 6.45) is -0.401. The van der Waals surface area contributed by atoms with Gasteiger partial charge >= 0.3 is 6.09 Å². The zero-order chi connectivity index (χ0) is 8.91. The van der Waals surface area contributed by atoms with Crippen molar-refractivity contribution < 1.29 is 9.53 Å². The van der Waals surface area contributed by atoms with Crippen molar-refractivity contribution in [1.82, 2.24) is 5.32 Å². The van der Waals surface area contributed by atoms with Crippen LogP contribution in [0.3, 0.4) is 0 Å². The number of alkyl carbamates (subject to hydrolysis) is 1. The average Bonchev–Trinajstić information content (AvgIpc) is 1.79. The highest BCUT2D eigenvalue weighted by Crippen LogP contribution is 2.05. The van der Waals surface area contributed by atoms with Crippen LogP contribution in [0.1, 0.15) is 20.8 Å². The minimum atomic E-state index is -0.425. The first-order chi connectivity index (χ1) is 4.95. The van der Waals surface area contributed by atoms with E-state index in [1.54, 1.807) is 0 Å². The summed E-state index contributed by atoms with van der Waals surface area (Å²) < 4.78 is 4.94. The first-order valence-corrected chi connectivity index (χ1v) is 4.08. The van der Waals surface area contributed by atoms with Crippen molar-refractivity contribution in [3.05, 3.63) is 0 Å². The predicted octanol–water partition coefficient (Wildman–Crippen LogP) is 1.71. The number of hydrogen-bond donors (Lipinski definition) is 1. The highest BCUT2D eigenvalue weighted by molar-refractivity contribution is 7.80. The van der Waals surface area contributed by atoms with Gasteiger partial charge in [0.05, 0.1) is 0 Å². The van der Waals surface area contributed by atoms with E-state index in [0.717, 1.165) is 0 Å². The number of carbonyl (C=O) groups is 1. The third kappa shape index (κ3) is 7.52. The third-order valence-electron chi connectivity index (χ3n) is 0.770. The molecule has 4 heteroatoms. The van der Waals surface area contributed by atoms with Crippen molar-refractivity contribution in [2.24, 2.45) is 0 Å². The number of nitrogens with one attached hydrogen (secondary N) is 1. The normalized spacial score (nSPS) is 10.9. The van der Waals surface area contributed by atoms with Gasteiger partial charge in [-0.3, -0.25) is 0 Å². The van der Waals surface area contributed by atoms with Gasteiger partial charge in [0.1, 0.15) is 5.60 Å². The van der Waals surface area contributed by atoms with Gasteiger partial charge < -0.3 is 10.1 Å². The summed E-state index contributed by atoms with van der Waals surface area (Å²) in [5.74, 6) is 0.513. The molecule has 0 aromatic rings. The van der Waals surface area contributed by atoms with E-state index in [1.807, 2.05) is 20.8 Å². The fourth-order valence-corrected chi connectivity index (χ4v) is 0.569. The first kappa shape index (κ1) is 10.6. The molecule has 0 aliphatic rings. The number of hydrogen-bond acceptors (Lipinski definition) is 2. The molecule has 0 fully saturated rings. The molecule has 0 aromatic heterocycles. The average molecular weight is 176 g/mol. The maximum Gasteiger partial charge on any atom is 0.407 e. The van der Waals surface area contributed by atoms with Gasteiger partial charge in [0, 0.05) is 12.3 Å². The Labute approximate surface area is 72.9 Å². The Morgan fingerprint density at radius 2 is 2.09 bits per heavy atom. The highest BCUT2D eigenvalue weighted by Gasteiger charge is 2.14. The molecule has 0 heterocycles. The summed E-state index contributed by atoms with van der Waals surface area (Å²) >= 11 is 4.64. The monoisotopic (exact) mass is 176 g/mol. The maximum atomic E-state index is 10.8. The minimum absolute atomic E-state index is 0.401. The van der Waals surface area contributed by atoms with Crippen LogP contribution < -0.4 is 5.32 Å². The van der Waals surface area contributed by atoms with Crippen molar-refractivity contribution in [2.75, 3.05) is 12.3 Å². The Morgan fingerprint density at radius 3 is 2.45 bits per heavy atom. The van der Waals surface area contributed by atoms with Crippen LogP contribution in [0.2, 0.25) is 0 Å². The van der Waals surface area contributed by atoms with Crippen molar-refractivity contribution in [2.45, 2.75) is 26.4 Å². The van der Waals surface area contributed by atoms with Crippen LogP contribution in [0, 0.1) is 0 Å². The van der Waals surface area contributed by atoms with E-state index in [2.05, 4.69) is 17.9 Å². The molecular weight excluding hydrogens is 162 g/mol. The number of ether oxygens (including phenoxy) is 1. The lowest BCUT2D eigenvalue weighted by atomic mass is 10.2. The van der Waals surface area contributed by atoms with Gasteiger partial charge in [0.15, 0.2) is 0 Å². The lowest BCUT2D eigenvalue weighted by Gasteiger charge is -2.19. The zero-order valence-corrected chi connectivity index (χ0v) is 7.96. The predicted molar refractivity (Wildman–Crippen MR) is 46.7 cm³/mol. The number of amides is 1. The maximum absolute atomic E-state index is 10.8. The Kier molecular flexibility index (Phi) is 4.33. The molecule has 1 radical (unpaired) electrons. The second-order valence-corrected chi connectivity index (χ2v) is 3.54. The van der Waals surface area contributed by atoms with Crippen LogP contribution >= 0.6 is 12.6 Å². The smallest absolute Gasteiger partial charge is 0.407 e. The van der Waals surface area contributed by atoms with Gasteiger partial charge in [-0.2, -0.15) is 0 Å². The molecule has 65 valence electrons. The van der Waals surface area contributed by atoms with E-state index in [0.29, 0.717) is 12.3 Å². The van der Waals surface area contributed by atoms with Crippen molar-refractivity contribution in [3.63, 3.8) is 0 Å². The molecule has 1 amide bonds.